The van der Waals surface area contributed by atoms with Crippen molar-refractivity contribution >= 4 is 37.3 Å². The third kappa shape index (κ3) is 3.92. The lowest BCUT2D eigenvalue weighted by atomic mass is 10.4. The van der Waals surface area contributed by atoms with Crippen molar-refractivity contribution < 1.29 is 12.9 Å². The molecule has 1 fully saturated rings. The quantitative estimate of drug-likeness (QED) is 0.755. The Bertz CT molecular complexity index is 708. The minimum absolute atomic E-state index is 0.108. The van der Waals surface area contributed by atoms with Gasteiger partial charge in [-0.1, -0.05) is 5.16 Å². The Morgan fingerprint density at radius 2 is 2.24 bits per heavy atom. The Morgan fingerprint density at radius 1 is 1.43 bits per heavy atom. The Hall–Kier alpha value is -0.740. The molecule has 0 aromatic carbocycles. The number of hydrogen-bond acceptors (Lipinski definition) is 6. The second-order valence-electron chi connectivity index (χ2n) is 4.82. The largest absolute Gasteiger partial charge is 0.364 e. The van der Waals surface area contributed by atoms with E-state index < -0.39 is 10.0 Å². The first-order valence-corrected chi connectivity index (χ1v) is 9.54. The van der Waals surface area contributed by atoms with Crippen LogP contribution < -0.4 is 10.0 Å². The minimum Gasteiger partial charge on any atom is -0.364 e. The van der Waals surface area contributed by atoms with Crippen molar-refractivity contribution in [3.63, 3.8) is 0 Å². The molecule has 6 nitrogen and oxygen atoms in total. The lowest BCUT2D eigenvalue weighted by Crippen LogP contribution is -2.23. The maximum absolute atomic E-state index is 12.3. The molecule has 0 radical (unpaired) electrons. The van der Waals surface area contributed by atoms with Gasteiger partial charge in [0.25, 0.3) is 0 Å². The summed E-state index contributed by atoms with van der Waals surface area (Å²) < 4.78 is 32.4. The summed E-state index contributed by atoms with van der Waals surface area (Å²) in [5.41, 5.74) is 0.542. The average Bonchev–Trinajstić information content (AvgIpc) is 2.97. The first-order chi connectivity index (χ1) is 10.0. The molecule has 1 saturated carbocycles. The SMILES string of the molecule is O=S(=O)(NCc1ccon1)c1cc(CNC2CC2)sc1Br. The van der Waals surface area contributed by atoms with E-state index in [9.17, 15) is 8.42 Å². The van der Waals surface area contributed by atoms with Crippen LogP contribution in [0.5, 0.6) is 0 Å². The van der Waals surface area contributed by atoms with Crippen LogP contribution in [0.25, 0.3) is 0 Å². The maximum Gasteiger partial charge on any atom is 0.242 e. The molecule has 0 amide bonds. The van der Waals surface area contributed by atoms with Gasteiger partial charge in [0.2, 0.25) is 10.0 Å². The molecular weight excluding hydrogens is 378 g/mol. The van der Waals surface area contributed by atoms with Crippen LogP contribution in [0.2, 0.25) is 0 Å². The van der Waals surface area contributed by atoms with Gasteiger partial charge in [0.15, 0.2) is 0 Å². The summed E-state index contributed by atoms with van der Waals surface area (Å²) in [7, 11) is -3.57. The third-order valence-electron chi connectivity index (χ3n) is 3.07. The zero-order valence-corrected chi connectivity index (χ0v) is 14.2. The van der Waals surface area contributed by atoms with Crippen molar-refractivity contribution in [1.82, 2.24) is 15.2 Å². The van der Waals surface area contributed by atoms with Gasteiger partial charge in [0.05, 0.1) is 16.0 Å². The number of rotatable bonds is 7. The summed E-state index contributed by atoms with van der Waals surface area (Å²) in [6, 6.07) is 3.92. The number of halogens is 1. The molecule has 0 aliphatic heterocycles. The van der Waals surface area contributed by atoms with E-state index in [4.69, 9.17) is 0 Å². The number of sulfonamides is 1. The zero-order valence-electron chi connectivity index (χ0n) is 11.0. The first kappa shape index (κ1) is 15.2. The molecule has 1 aliphatic rings. The Morgan fingerprint density at radius 3 is 2.90 bits per heavy atom. The summed E-state index contributed by atoms with van der Waals surface area (Å²) in [6.07, 6.45) is 3.82. The Balaban J connectivity index is 1.68. The van der Waals surface area contributed by atoms with Crippen molar-refractivity contribution in [2.45, 2.75) is 36.9 Å². The van der Waals surface area contributed by atoms with Gasteiger partial charge in [0, 0.05) is 23.5 Å². The molecule has 2 heterocycles. The third-order valence-corrected chi connectivity index (χ3v) is 6.73. The molecule has 21 heavy (non-hydrogen) atoms. The molecule has 1 aliphatic carbocycles. The predicted molar refractivity (Wildman–Crippen MR) is 82.4 cm³/mol. The van der Waals surface area contributed by atoms with Crippen LogP contribution in [0.4, 0.5) is 0 Å². The smallest absolute Gasteiger partial charge is 0.242 e. The van der Waals surface area contributed by atoms with Gasteiger partial charge in [0.1, 0.15) is 11.2 Å². The van der Waals surface area contributed by atoms with E-state index >= 15 is 0 Å². The second-order valence-corrected chi connectivity index (χ2v) is 9.01. The molecule has 9 heteroatoms. The lowest BCUT2D eigenvalue weighted by molar-refractivity contribution is 0.411. The van der Waals surface area contributed by atoms with E-state index in [0.29, 0.717) is 22.1 Å². The van der Waals surface area contributed by atoms with Gasteiger partial charge in [-0.2, -0.15) is 0 Å². The number of hydrogen-bond donors (Lipinski definition) is 2. The van der Waals surface area contributed by atoms with Gasteiger partial charge < -0.3 is 9.84 Å². The molecule has 0 bridgehead atoms. The molecule has 2 aromatic heterocycles. The van der Waals surface area contributed by atoms with E-state index in [2.05, 4.69) is 35.6 Å². The van der Waals surface area contributed by atoms with Gasteiger partial charge >= 0.3 is 0 Å². The van der Waals surface area contributed by atoms with E-state index in [1.165, 1.54) is 30.4 Å². The van der Waals surface area contributed by atoms with Crippen molar-refractivity contribution in [1.29, 1.82) is 0 Å². The van der Waals surface area contributed by atoms with Crippen LogP contribution in [-0.4, -0.2) is 19.6 Å². The van der Waals surface area contributed by atoms with Crippen molar-refractivity contribution in [3.05, 3.63) is 32.8 Å². The van der Waals surface area contributed by atoms with Gasteiger partial charge in [-0.15, -0.1) is 11.3 Å². The molecule has 3 rings (SSSR count). The van der Waals surface area contributed by atoms with Gasteiger partial charge in [-0.25, -0.2) is 13.1 Å². The van der Waals surface area contributed by atoms with E-state index in [1.807, 2.05) is 0 Å². The van der Waals surface area contributed by atoms with Crippen LogP contribution >= 0.6 is 27.3 Å². The van der Waals surface area contributed by atoms with E-state index in [-0.39, 0.29) is 11.4 Å². The normalized spacial score (nSPS) is 15.5. The van der Waals surface area contributed by atoms with Crippen LogP contribution in [0.15, 0.2) is 31.6 Å². The van der Waals surface area contributed by atoms with Crippen LogP contribution in [0, 0.1) is 0 Å². The molecule has 0 saturated heterocycles. The Kier molecular flexibility index (Phi) is 4.46. The van der Waals surface area contributed by atoms with E-state index in [0.717, 1.165) is 4.88 Å². The zero-order chi connectivity index (χ0) is 14.9. The van der Waals surface area contributed by atoms with E-state index in [1.54, 1.807) is 12.1 Å². The molecule has 0 spiro atoms. The standard InChI is InChI=1S/C12H14BrN3O3S2/c13-12-11(5-10(20-12)7-14-8-1-2-8)21(17,18)15-6-9-3-4-19-16-9/h3-5,8,14-15H,1-2,6-7H2. The van der Waals surface area contributed by atoms with Gasteiger partial charge in [-0.3, -0.25) is 0 Å². The second kappa shape index (κ2) is 6.17. The predicted octanol–water partition coefficient (Wildman–Crippen LogP) is 2.23. The number of nitrogens with one attached hydrogen (secondary N) is 2. The summed E-state index contributed by atoms with van der Waals surface area (Å²) in [5.74, 6) is 0. The number of nitrogens with zero attached hydrogens (tertiary/aromatic N) is 1. The van der Waals surface area contributed by atoms with Crippen LogP contribution in [0.1, 0.15) is 23.4 Å². The lowest BCUT2D eigenvalue weighted by Gasteiger charge is -2.03. The highest BCUT2D eigenvalue weighted by Gasteiger charge is 2.23. The average molecular weight is 392 g/mol. The molecule has 2 N–H and O–H groups in total. The highest BCUT2D eigenvalue weighted by molar-refractivity contribution is 9.11. The molecule has 114 valence electrons. The van der Waals surface area contributed by atoms with Gasteiger partial charge in [-0.05, 0) is 34.8 Å². The minimum atomic E-state index is -3.57. The van der Waals surface area contributed by atoms with Crippen LogP contribution in [-0.2, 0) is 23.1 Å². The molecular formula is C12H14BrN3O3S2. The summed E-state index contributed by atoms with van der Waals surface area (Å²) >= 11 is 4.77. The number of thiophene rings is 1. The summed E-state index contributed by atoms with van der Waals surface area (Å²) in [5, 5.41) is 7.05. The van der Waals surface area contributed by atoms with Crippen molar-refractivity contribution in [2.24, 2.45) is 0 Å². The highest BCUT2D eigenvalue weighted by Crippen LogP contribution is 2.32. The number of aromatic nitrogens is 1. The first-order valence-electron chi connectivity index (χ1n) is 6.45. The summed E-state index contributed by atoms with van der Waals surface area (Å²) in [6.45, 7) is 0.809. The monoisotopic (exact) mass is 391 g/mol. The maximum atomic E-state index is 12.3. The fraction of sp³-hybridized carbons (Fsp3) is 0.417. The Labute approximate surface area is 135 Å². The van der Waals surface area contributed by atoms with Crippen molar-refractivity contribution in [3.8, 4) is 0 Å². The van der Waals surface area contributed by atoms with Crippen molar-refractivity contribution in [2.75, 3.05) is 0 Å². The highest BCUT2D eigenvalue weighted by atomic mass is 79.9. The molecule has 0 atom stereocenters. The topological polar surface area (TPSA) is 84.2 Å². The van der Waals surface area contributed by atoms with Crippen LogP contribution in [0.3, 0.4) is 0 Å². The summed E-state index contributed by atoms with van der Waals surface area (Å²) in [4.78, 5) is 1.26. The fourth-order valence-corrected chi connectivity index (χ4v) is 5.41. The molecule has 0 unspecified atom stereocenters. The fourth-order valence-electron chi connectivity index (χ4n) is 1.78. The molecule has 2 aromatic rings.